The minimum absolute atomic E-state index is 0.136. The summed E-state index contributed by atoms with van der Waals surface area (Å²) in [7, 11) is 1.75. The maximum absolute atomic E-state index is 12.7. The number of aromatic nitrogens is 3. The van der Waals surface area contributed by atoms with Gasteiger partial charge in [-0.3, -0.25) is 14.6 Å². The monoisotopic (exact) mass is 462 g/mol. The fraction of sp³-hybridized carbons (Fsp3) is 0.360. The van der Waals surface area contributed by atoms with Gasteiger partial charge in [-0.05, 0) is 62.7 Å². The molecule has 0 saturated carbocycles. The Morgan fingerprint density at radius 1 is 1.15 bits per heavy atom. The highest BCUT2D eigenvalue weighted by molar-refractivity contribution is 6.04. The van der Waals surface area contributed by atoms with Gasteiger partial charge >= 0.3 is 0 Å². The Morgan fingerprint density at radius 3 is 2.71 bits per heavy atom. The number of H-pyrrole nitrogens is 1. The number of nitrogens with one attached hydrogen (secondary N) is 3. The van der Waals surface area contributed by atoms with Gasteiger partial charge in [0.1, 0.15) is 17.3 Å². The van der Waals surface area contributed by atoms with Gasteiger partial charge in [0.25, 0.3) is 11.5 Å². The van der Waals surface area contributed by atoms with E-state index < -0.39 is 5.56 Å². The third-order valence-electron chi connectivity index (χ3n) is 5.79. The summed E-state index contributed by atoms with van der Waals surface area (Å²) < 4.78 is 5.82. The second-order valence-corrected chi connectivity index (χ2v) is 8.25. The lowest BCUT2D eigenvalue weighted by Gasteiger charge is -2.26. The highest BCUT2D eigenvalue weighted by atomic mass is 16.5. The van der Waals surface area contributed by atoms with E-state index in [1.54, 1.807) is 56.0 Å². The molecule has 1 aliphatic heterocycles. The average molecular weight is 463 g/mol. The summed E-state index contributed by atoms with van der Waals surface area (Å²) in [6.07, 6.45) is 9.62. The van der Waals surface area contributed by atoms with Gasteiger partial charge in [0, 0.05) is 30.9 Å². The van der Waals surface area contributed by atoms with Crippen molar-refractivity contribution in [1.82, 2.24) is 19.9 Å². The molecule has 0 aliphatic carbocycles. The summed E-state index contributed by atoms with van der Waals surface area (Å²) in [6, 6.07) is 8.51. The van der Waals surface area contributed by atoms with Crippen molar-refractivity contribution in [3.8, 4) is 17.0 Å². The van der Waals surface area contributed by atoms with Crippen LogP contribution in [0.2, 0.25) is 0 Å². The number of carbonyl (C=O) groups is 1. The van der Waals surface area contributed by atoms with Crippen LogP contribution in [0.5, 0.6) is 5.75 Å². The van der Waals surface area contributed by atoms with Gasteiger partial charge in [0.15, 0.2) is 0 Å². The van der Waals surface area contributed by atoms with E-state index in [2.05, 4.69) is 30.5 Å². The Balaban J connectivity index is 1.33. The number of nitrogens with zero attached hydrogens (tertiary/aromatic N) is 3. The number of anilines is 2. The molecule has 3 N–H and O–H groups in total. The van der Waals surface area contributed by atoms with Crippen molar-refractivity contribution in [1.29, 1.82) is 0 Å². The number of hydrogen-bond acceptors (Lipinski definition) is 7. The number of pyridine rings is 1. The second-order valence-electron chi connectivity index (χ2n) is 8.25. The van der Waals surface area contributed by atoms with E-state index in [-0.39, 0.29) is 11.6 Å². The zero-order valence-electron chi connectivity index (χ0n) is 19.3. The summed E-state index contributed by atoms with van der Waals surface area (Å²) in [5.41, 5.74) is 1.37. The number of piperidine rings is 1. The molecule has 3 aromatic rings. The molecule has 1 aliphatic rings. The summed E-state index contributed by atoms with van der Waals surface area (Å²) in [5, 5.41) is 5.61. The lowest BCUT2D eigenvalue weighted by Crippen LogP contribution is -2.31. The highest BCUT2D eigenvalue weighted by Crippen LogP contribution is 2.19. The summed E-state index contributed by atoms with van der Waals surface area (Å²) >= 11 is 0. The largest absolute Gasteiger partial charge is 0.494 e. The minimum Gasteiger partial charge on any atom is -0.494 e. The molecule has 178 valence electrons. The quantitative estimate of drug-likeness (QED) is 0.418. The van der Waals surface area contributed by atoms with Crippen LogP contribution < -0.4 is 20.9 Å². The predicted octanol–water partition coefficient (Wildman–Crippen LogP) is 3.38. The number of amides is 1. The van der Waals surface area contributed by atoms with Crippen LogP contribution in [-0.4, -0.2) is 59.0 Å². The Kier molecular flexibility index (Phi) is 7.87. The number of rotatable bonds is 9. The highest BCUT2D eigenvalue weighted by Gasteiger charge is 2.12. The Bertz CT molecular complexity index is 1160. The van der Waals surface area contributed by atoms with Gasteiger partial charge in [0.2, 0.25) is 0 Å². The second kappa shape index (κ2) is 11.4. The summed E-state index contributed by atoms with van der Waals surface area (Å²) in [6.45, 7) is 4.07. The van der Waals surface area contributed by atoms with Crippen LogP contribution in [0.3, 0.4) is 0 Å². The van der Waals surface area contributed by atoms with Gasteiger partial charge < -0.3 is 25.3 Å². The van der Waals surface area contributed by atoms with E-state index in [4.69, 9.17) is 4.74 Å². The minimum atomic E-state index is -0.400. The molecule has 1 amide bonds. The first-order valence-electron chi connectivity index (χ1n) is 11.6. The Hall–Kier alpha value is -3.72. The van der Waals surface area contributed by atoms with Gasteiger partial charge in [-0.15, -0.1) is 0 Å². The smallest absolute Gasteiger partial charge is 0.271 e. The van der Waals surface area contributed by atoms with Crippen molar-refractivity contribution < 1.29 is 9.53 Å². The molecule has 1 aromatic carbocycles. The molecule has 0 bridgehead atoms. The average Bonchev–Trinajstić information content (AvgIpc) is 2.89. The van der Waals surface area contributed by atoms with Crippen LogP contribution in [0.15, 0.2) is 53.7 Å². The molecule has 9 nitrogen and oxygen atoms in total. The van der Waals surface area contributed by atoms with Gasteiger partial charge in [-0.2, -0.15) is 0 Å². The van der Waals surface area contributed by atoms with Crippen molar-refractivity contribution in [2.75, 3.05) is 43.9 Å². The van der Waals surface area contributed by atoms with Crippen molar-refractivity contribution in [3.63, 3.8) is 0 Å². The first-order chi connectivity index (χ1) is 16.6. The number of hydrogen-bond donors (Lipinski definition) is 3. The standard InChI is InChI=1S/C25H30N6O3/c1-26-23-17-27-16-22(29-23)19-14-21(25(33)28-15-19)30-24(32)18-6-8-20(9-7-18)34-13-5-12-31-10-3-2-4-11-31/h6-9,14-17H,2-5,10-13H2,1H3,(H,26,29)(H,28,33)(H,30,32). The normalized spacial score (nSPS) is 13.9. The summed E-state index contributed by atoms with van der Waals surface area (Å²) in [5.74, 6) is 0.940. The van der Waals surface area contributed by atoms with Crippen LogP contribution in [0.25, 0.3) is 11.3 Å². The molecule has 1 fully saturated rings. The molecular weight excluding hydrogens is 432 g/mol. The molecular formula is C25H30N6O3. The van der Waals surface area contributed by atoms with E-state index in [0.29, 0.717) is 29.2 Å². The SMILES string of the molecule is CNc1cncc(-c2c[nH]c(=O)c(NC(=O)c3ccc(OCCCN4CCCCC4)cc3)c2)n1. The zero-order valence-corrected chi connectivity index (χ0v) is 19.3. The van der Waals surface area contributed by atoms with Crippen LogP contribution in [0.1, 0.15) is 36.0 Å². The molecule has 34 heavy (non-hydrogen) atoms. The molecule has 1 saturated heterocycles. The number of likely N-dealkylation sites (tertiary alicyclic amines) is 1. The predicted molar refractivity (Wildman–Crippen MR) is 132 cm³/mol. The van der Waals surface area contributed by atoms with Gasteiger partial charge in [-0.25, -0.2) is 4.98 Å². The van der Waals surface area contributed by atoms with Crippen LogP contribution >= 0.6 is 0 Å². The van der Waals surface area contributed by atoms with E-state index in [1.165, 1.54) is 32.4 Å². The topological polar surface area (TPSA) is 112 Å². The number of aromatic amines is 1. The molecule has 9 heteroatoms. The number of carbonyl (C=O) groups excluding carboxylic acids is 1. The maximum Gasteiger partial charge on any atom is 0.271 e. The molecule has 3 heterocycles. The Labute approximate surface area is 198 Å². The molecule has 2 aromatic heterocycles. The zero-order chi connectivity index (χ0) is 23.8. The lowest BCUT2D eigenvalue weighted by molar-refractivity contribution is 0.102. The molecule has 4 rings (SSSR count). The lowest BCUT2D eigenvalue weighted by atomic mass is 10.1. The van der Waals surface area contributed by atoms with Crippen molar-refractivity contribution >= 4 is 17.4 Å². The fourth-order valence-corrected chi connectivity index (χ4v) is 3.91. The summed E-state index contributed by atoms with van der Waals surface area (Å²) in [4.78, 5) is 38.7. The van der Waals surface area contributed by atoms with E-state index in [0.717, 1.165) is 18.7 Å². The molecule has 0 radical (unpaired) electrons. The number of benzene rings is 1. The first-order valence-corrected chi connectivity index (χ1v) is 11.6. The third-order valence-corrected chi connectivity index (χ3v) is 5.79. The van der Waals surface area contributed by atoms with Crippen molar-refractivity contribution in [2.24, 2.45) is 0 Å². The number of ether oxygens (including phenoxy) is 1. The Morgan fingerprint density at radius 2 is 1.94 bits per heavy atom. The maximum atomic E-state index is 12.7. The van der Waals surface area contributed by atoms with Crippen LogP contribution in [0, 0.1) is 0 Å². The van der Waals surface area contributed by atoms with E-state index >= 15 is 0 Å². The van der Waals surface area contributed by atoms with Crippen LogP contribution in [-0.2, 0) is 0 Å². The van der Waals surface area contributed by atoms with Gasteiger partial charge in [0.05, 0.1) is 24.7 Å². The van der Waals surface area contributed by atoms with E-state index in [9.17, 15) is 9.59 Å². The first kappa shape index (κ1) is 23.4. The molecule has 0 unspecified atom stereocenters. The fourth-order valence-electron chi connectivity index (χ4n) is 3.91. The molecule has 0 atom stereocenters. The third kappa shape index (κ3) is 6.20. The van der Waals surface area contributed by atoms with Crippen LogP contribution in [0.4, 0.5) is 11.5 Å². The van der Waals surface area contributed by atoms with Crippen molar-refractivity contribution in [2.45, 2.75) is 25.7 Å². The van der Waals surface area contributed by atoms with E-state index in [1.807, 2.05) is 0 Å². The molecule has 0 spiro atoms. The van der Waals surface area contributed by atoms with Gasteiger partial charge in [-0.1, -0.05) is 6.42 Å². The van der Waals surface area contributed by atoms with Crippen molar-refractivity contribution in [3.05, 3.63) is 64.8 Å².